The summed E-state index contributed by atoms with van der Waals surface area (Å²) < 4.78 is 1.18. The Hall–Kier alpha value is -2.51. The summed E-state index contributed by atoms with van der Waals surface area (Å²) in [6.07, 6.45) is 0. The standard InChI is InChI=1S/C15H12Cl2N6O/c1-8-7-12(17)19-15(18-8)23-14(24)13(9(2)22-23)21-20-11-5-3-10(16)4-6-11/h3-7,22H,1-2H3. The Labute approximate surface area is 147 Å². The number of aromatic nitrogens is 4. The first kappa shape index (κ1) is 16.4. The van der Waals surface area contributed by atoms with E-state index in [1.807, 2.05) is 0 Å². The Balaban J connectivity index is 2.00. The summed E-state index contributed by atoms with van der Waals surface area (Å²) in [5, 5.41) is 11.8. The minimum absolute atomic E-state index is 0.154. The second kappa shape index (κ2) is 6.54. The molecule has 24 heavy (non-hydrogen) atoms. The Morgan fingerprint density at radius 1 is 1.08 bits per heavy atom. The number of nitrogens with one attached hydrogen (secondary N) is 1. The molecule has 0 aliphatic carbocycles. The molecule has 3 rings (SSSR count). The molecule has 1 N–H and O–H groups in total. The lowest BCUT2D eigenvalue weighted by molar-refractivity contribution is 0.769. The molecule has 0 radical (unpaired) electrons. The van der Waals surface area contributed by atoms with Gasteiger partial charge in [-0.2, -0.15) is 14.8 Å². The molecule has 0 amide bonds. The summed E-state index contributed by atoms with van der Waals surface area (Å²) in [7, 11) is 0. The summed E-state index contributed by atoms with van der Waals surface area (Å²) in [5.74, 6) is 0.154. The topological polar surface area (TPSA) is 88.3 Å². The van der Waals surface area contributed by atoms with Crippen molar-refractivity contribution in [2.24, 2.45) is 10.2 Å². The van der Waals surface area contributed by atoms with E-state index in [2.05, 4.69) is 25.3 Å². The molecule has 9 heteroatoms. The van der Waals surface area contributed by atoms with E-state index in [0.717, 1.165) is 0 Å². The molecule has 0 aliphatic heterocycles. The van der Waals surface area contributed by atoms with Gasteiger partial charge in [-0.1, -0.05) is 23.2 Å². The van der Waals surface area contributed by atoms with Gasteiger partial charge in [-0.3, -0.25) is 9.89 Å². The molecule has 122 valence electrons. The average molecular weight is 363 g/mol. The largest absolute Gasteiger partial charge is 0.301 e. The Morgan fingerprint density at radius 2 is 1.79 bits per heavy atom. The molecule has 7 nitrogen and oxygen atoms in total. The molecule has 2 heterocycles. The van der Waals surface area contributed by atoms with Crippen LogP contribution in [0.1, 0.15) is 11.4 Å². The van der Waals surface area contributed by atoms with Gasteiger partial charge in [0.25, 0.3) is 5.95 Å². The smallest absolute Gasteiger partial charge is 0.290 e. The van der Waals surface area contributed by atoms with Gasteiger partial charge >= 0.3 is 5.56 Å². The molecule has 0 atom stereocenters. The van der Waals surface area contributed by atoms with Gasteiger partial charge in [0.2, 0.25) is 0 Å². The van der Waals surface area contributed by atoms with Crippen LogP contribution in [-0.4, -0.2) is 19.7 Å². The summed E-state index contributed by atoms with van der Waals surface area (Å²) in [5.41, 5.74) is 1.53. The molecular formula is C15H12Cl2N6O. The number of H-pyrrole nitrogens is 1. The first-order valence-corrected chi connectivity index (χ1v) is 7.70. The number of benzene rings is 1. The Kier molecular flexibility index (Phi) is 4.46. The lowest BCUT2D eigenvalue weighted by atomic mass is 10.3. The summed E-state index contributed by atoms with van der Waals surface area (Å²) >= 11 is 11.7. The van der Waals surface area contributed by atoms with Crippen LogP contribution >= 0.6 is 23.2 Å². The number of hydrogen-bond acceptors (Lipinski definition) is 5. The van der Waals surface area contributed by atoms with Crippen molar-refractivity contribution in [1.29, 1.82) is 0 Å². The van der Waals surface area contributed by atoms with Gasteiger partial charge < -0.3 is 0 Å². The Morgan fingerprint density at radius 3 is 2.46 bits per heavy atom. The van der Waals surface area contributed by atoms with Crippen molar-refractivity contribution in [3.63, 3.8) is 0 Å². The van der Waals surface area contributed by atoms with Gasteiger partial charge in [-0.15, -0.1) is 5.11 Å². The lowest BCUT2D eigenvalue weighted by Gasteiger charge is -2.01. The van der Waals surface area contributed by atoms with Crippen molar-refractivity contribution in [1.82, 2.24) is 19.7 Å². The summed E-state index contributed by atoms with van der Waals surface area (Å²) in [6.45, 7) is 3.48. The number of aromatic amines is 1. The first-order chi connectivity index (χ1) is 11.4. The number of aryl methyl sites for hydroxylation is 2. The summed E-state index contributed by atoms with van der Waals surface area (Å²) in [6, 6.07) is 8.40. The average Bonchev–Trinajstić information content (AvgIpc) is 2.81. The molecule has 0 unspecified atom stereocenters. The first-order valence-electron chi connectivity index (χ1n) is 6.94. The van der Waals surface area contributed by atoms with Crippen LogP contribution in [-0.2, 0) is 0 Å². The molecule has 0 bridgehead atoms. The highest BCUT2D eigenvalue weighted by Crippen LogP contribution is 2.20. The highest BCUT2D eigenvalue weighted by atomic mass is 35.5. The molecule has 0 aliphatic rings. The zero-order chi connectivity index (χ0) is 17.3. The molecule has 0 saturated carbocycles. The zero-order valence-corrected chi connectivity index (χ0v) is 14.3. The predicted octanol–water partition coefficient (Wildman–Crippen LogP) is 4.29. The van der Waals surface area contributed by atoms with Crippen LogP contribution in [0.4, 0.5) is 11.4 Å². The lowest BCUT2D eigenvalue weighted by Crippen LogP contribution is -2.17. The number of azo groups is 1. The van der Waals surface area contributed by atoms with Gasteiger partial charge in [0.1, 0.15) is 5.15 Å². The third-order valence-corrected chi connectivity index (χ3v) is 3.59. The van der Waals surface area contributed by atoms with Crippen LogP contribution in [0.15, 0.2) is 45.4 Å². The number of hydrogen-bond donors (Lipinski definition) is 1. The molecule has 0 spiro atoms. The van der Waals surface area contributed by atoms with E-state index in [1.165, 1.54) is 4.68 Å². The van der Waals surface area contributed by atoms with Crippen molar-refractivity contribution in [2.75, 3.05) is 0 Å². The van der Waals surface area contributed by atoms with Gasteiger partial charge in [0.05, 0.1) is 11.4 Å². The molecule has 2 aromatic heterocycles. The fourth-order valence-corrected chi connectivity index (χ4v) is 2.39. The van der Waals surface area contributed by atoms with E-state index >= 15 is 0 Å². The molecule has 0 fully saturated rings. The van der Waals surface area contributed by atoms with Crippen molar-refractivity contribution in [2.45, 2.75) is 13.8 Å². The predicted molar refractivity (Wildman–Crippen MR) is 92.1 cm³/mol. The number of halogens is 2. The summed E-state index contributed by atoms with van der Waals surface area (Å²) in [4.78, 5) is 20.8. The zero-order valence-electron chi connectivity index (χ0n) is 12.8. The SMILES string of the molecule is Cc1cc(Cl)nc(-n2[nH]c(C)c(N=Nc3ccc(Cl)cc3)c2=O)n1. The van der Waals surface area contributed by atoms with Gasteiger partial charge in [0.15, 0.2) is 5.69 Å². The highest BCUT2D eigenvalue weighted by molar-refractivity contribution is 6.30. The van der Waals surface area contributed by atoms with Crippen LogP contribution in [0.25, 0.3) is 5.95 Å². The second-order valence-electron chi connectivity index (χ2n) is 5.03. The fourth-order valence-electron chi connectivity index (χ4n) is 2.03. The number of rotatable bonds is 3. The fraction of sp³-hybridized carbons (Fsp3) is 0.133. The quantitative estimate of drug-likeness (QED) is 0.556. The monoisotopic (exact) mass is 362 g/mol. The highest BCUT2D eigenvalue weighted by Gasteiger charge is 2.14. The van der Waals surface area contributed by atoms with Gasteiger partial charge in [-0.05, 0) is 44.2 Å². The van der Waals surface area contributed by atoms with E-state index in [4.69, 9.17) is 23.2 Å². The van der Waals surface area contributed by atoms with Crippen molar-refractivity contribution in [3.8, 4) is 5.95 Å². The van der Waals surface area contributed by atoms with Crippen LogP contribution in [0.5, 0.6) is 0 Å². The van der Waals surface area contributed by atoms with E-state index in [9.17, 15) is 4.79 Å². The van der Waals surface area contributed by atoms with E-state index in [0.29, 0.717) is 22.1 Å². The molecule has 0 saturated heterocycles. The second-order valence-corrected chi connectivity index (χ2v) is 5.86. The van der Waals surface area contributed by atoms with Gasteiger partial charge in [-0.25, -0.2) is 4.98 Å². The normalized spacial score (nSPS) is 11.3. The minimum Gasteiger partial charge on any atom is -0.290 e. The Bertz CT molecular complexity index is 954. The van der Waals surface area contributed by atoms with Crippen LogP contribution in [0, 0.1) is 13.8 Å². The molecule has 3 aromatic rings. The maximum atomic E-state index is 12.5. The van der Waals surface area contributed by atoms with Crippen LogP contribution in [0.2, 0.25) is 10.2 Å². The maximum Gasteiger partial charge on any atom is 0.301 e. The maximum absolute atomic E-state index is 12.5. The molecule has 1 aromatic carbocycles. The van der Waals surface area contributed by atoms with Crippen molar-refractivity contribution in [3.05, 3.63) is 62.2 Å². The van der Waals surface area contributed by atoms with Crippen LogP contribution < -0.4 is 5.56 Å². The third kappa shape index (κ3) is 3.37. The van der Waals surface area contributed by atoms with Gasteiger partial charge in [0, 0.05) is 10.7 Å². The van der Waals surface area contributed by atoms with Crippen molar-refractivity contribution < 1.29 is 0 Å². The van der Waals surface area contributed by atoms with E-state index in [-0.39, 0.29) is 16.8 Å². The minimum atomic E-state index is -0.410. The van der Waals surface area contributed by atoms with E-state index < -0.39 is 5.56 Å². The molecular weight excluding hydrogens is 351 g/mol. The van der Waals surface area contributed by atoms with Crippen molar-refractivity contribution >= 4 is 34.6 Å². The van der Waals surface area contributed by atoms with E-state index in [1.54, 1.807) is 44.2 Å². The number of nitrogens with zero attached hydrogens (tertiary/aromatic N) is 5. The third-order valence-electron chi connectivity index (χ3n) is 3.14. The van der Waals surface area contributed by atoms with Crippen LogP contribution in [0.3, 0.4) is 0 Å².